The average Bonchev–Trinajstić information content (AvgIpc) is 2.67. The molecule has 17 heavy (non-hydrogen) atoms. The molecule has 0 spiro atoms. The summed E-state index contributed by atoms with van der Waals surface area (Å²) < 4.78 is 2.81. The second-order valence-corrected chi connectivity index (χ2v) is 5.46. The number of nitrogens with zero attached hydrogens (tertiary/aromatic N) is 1. The lowest BCUT2D eigenvalue weighted by molar-refractivity contribution is 0.0931. The Bertz CT molecular complexity index is 388. The highest BCUT2D eigenvalue weighted by Crippen LogP contribution is 2.19. The first-order valence-electron chi connectivity index (χ1n) is 5.72. The number of aliphatic hydroxyl groups is 1. The van der Waals surface area contributed by atoms with Crippen molar-refractivity contribution >= 4 is 21.8 Å². The normalized spacial score (nSPS) is 12.8. The Kier molecular flexibility index (Phi) is 5.21. The zero-order valence-corrected chi connectivity index (χ0v) is 12.0. The summed E-state index contributed by atoms with van der Waals surface area (Å²) in [5.74, 6) is -0.0328. The van der Waals surface area contributed by atoms with E-state index in [0.717, 1.165) is 4.47 Å². The summed E-state index contributed by atoms with van der Waals surface area (Å²) in [6, 6.07) is 2.04. The highest BCUT2D eigenvalue weighted by Gasteiger charge is 2.15. The Morgan fingerprint density at radius 1 is 1.53 bits per heavy atom. The minimum atomic E-state index is -0.107. The van der Waals surface area contributed by atoms with Gasteiger partial charge in [0.2, 0.25) is 0 Å². The first kappa shape index (κ1) is 14.3. The molecule has 1 atom stereocenters. The lowest BCUT2D eigenvalue weighted by atomic mass is 10.2. The number of carbonyl (C=O) groups excluding carboxylic acids is 1. The molecule has 0 aliphatic heterocycles. The van der Waals surface area contributed by atoms with Gasteiger partial charge in [-0.05, 0) is 41.8 Å². The van der Waals surface area contributed by atoms with Crippen LogP contribution in [-0.2, 0) is 0 Å². The molecule has 0 aliphatic carbocycles. The van der Waals surface area contributed by atoms with Crippen LogP contribution >= 0.6 is 15.9 Å². The third-order valence-corrected chi connectivity index (χ3v) is 2.96. The SMILES string of the molecule is CC(CO)CNC(=O)c1cc(Br)cn1C(C)C. The molecule has 1 amide bonds. The number of nitrogens with one attached hydrogen (secondary N) is 1. The van der Waals surface area contributed by atoms with Gasteiger partial charge in [-0.3, -0.25) is 4.79 Å². The van der Waals surface area contributed by atoms with Crippen molar-refractivity contribution in [2.75, 3.05) is 13.2 Å². The molecule has 0 saturated carbocycles. The van der Waals surface area contributed by atoms with Crippen LogP contribution < -0.4 is 5.32 Å². The smallest absolute Gasteiger partial charge is 0.267 e. The molecule has 0 radical (unpaired) electrons. The Morgan fingerprint density at radius 2 is 2.18 bits per heavy atom. The van der Waals surface area contributed by atoms with Crippen molar-refractivity contribution in [2.45, 2.75) is 26.8 Å². The third-order valence-electron chi connectivity index (χ3n) is 2.53. The number of hydrogen-bond donors (Lipinski definition) is 2. The van der Waals surface area contributed by atoms with Gasteiger partial charge < -0.3 is 15.0 Å². The second kappa shape index (κ2) is 6.21. The van der Waals surface area contributed by atoms with Crippen molar-refractivity contribution in [1.29, 1.82) is 0 Å². The number of aromatic nitrogens is 1. The lowest BCUT2D eigenvalue weighted by Gasteiger charge is -2.14. The predicted molar refractivity (Wildman–Crippen MR) is 71.1 cm³/mol. The van der Waals surface area contributed by atoms with Crippen LogP contribution in [0.5, 0.6) is 0 Å². The van der Waals surface area contributed by atoms with Crippen LogP contribution in [0.1, 0.15) is 37.3 Å². The Hall–Kier alpha value is -0.810. The fourth-order valence-electron chi connectivity index (χ4n) is 1.48. The number of rotatable bonds is 5. The summed E-state index contributed by atoms with van der Waals surface area (Å²) in [7, 11) is 0. The van der Waals surface area contributed by atoms with Crippen LogP contribution in [0.15, 0.2) is 16.7 Å². The fraction of sp³-hybridized carbons (Fsp3) is 0.583. The number of amides is 1. The molecular formula is C12H19BrN2O2. The van der Waals surface area contributed by atoms with Crippen molar-refractivity contribution in [1.82, 2.24) is 9.88 Å². The van der Waals surface area contributed by atoms with Crippen LogP contribution in [0.2, 0.25) is 0 Å². The number of aliphatic hydroxyl groups excluding tert-OH is 1. The molecule has 4 nitrogen and oxygen atoms in total. The van der Waals surface area contributed by atoms with Gasteiger partial charge >= 0.3 is 0 Å². The monoisotopic (exact) mass is 302 g/mol. The summed E-state index contributed by atoms with van der Waals surface area (Å²) in [4.78, 5) is 12.0. The molecule has 1 rings (SSSR count). The maximum atomic E-state index is 12.0. The summed E-state index contributed by atoms with van der Waals surface area (Å²) >= 11 is 3.37. The molecule has 5 heteroatoms. The number of hydrogen-bond acceptors (Lipinski definition) is 2. The van der Waals surface area contributed by atoms with Gasteiger partial charge in [0.05, 0.1) is 0 Å². The molecular weight excluding hydrogens is 284 g/mol. The van der Waals surface area contributed by atoms with Gasteiger partial charge in [-0.15, -0.1) is 0 Å². The minimum absolute atomic E-state index is 0.0739. The molecule has 1 aromatic heterocycles. The van der Waals surface area contributed by atoms with Gasteiger partial charge in [0.25, 0.3) is 5.91 Å². The highest BCUT2D eigenvalue weighted by atomic mass is 79.9. The lowest BCUT2D eigenvalue weighted by Crippen LogP contribution is -2.31. The third kappa shape index (κ3) is 3.85. The summed E-state index contributed by atoms with van der Waals surface area (Å²) in [6.07, 6.45) is 1.90. The van der Waals surface area contributed by atoms with E-state index in [2.05, 4.69) is 21.2 Å². The van der Waals surface area contributed by atoms with E-state index in [9.17, 15) is 4.79 Å². The van der Waals surface area contributed by atoms with Crippen LogP contribution in [0.25, 0.3) is 0 Å². The second-order valence-electron chi connectivity index (χ2n) is 4.54. The van der Waals surface area contributed by atoms with Crippen LogP contribution in [0.4, 0.5) is 0 Å². The Morgan fingerprint density at radius 3 is 2.71 bits per heavy atom. The van der Waals surface area contributed by atoms with E-state index in [1.165, 1.54) is 0 Å². The molecule has 1 aromatic rings. The summed E-state index contributed by atoms with van der Waals surface area (Å²) in [5, 5.41) is 11.7. The minimum Gasteiger partial charge on any atom is -0.396 e. The van der Waals surface area contributed by atoms with Gasteiger partial charge in [0, 0.05) is 29.9 Å². The molecule has 1 heterocycles. The highest BCUT2D eigenvalue weighted by molar-refractivity contribution is 9.10. The van der Waals surface area contributed by atoms with E-state index >= 15 is 0 Å². The van der Waals surface area contributed by atoms with E-state index in [1.807, 2.05) is 31.5 Å². The van der Waals surface area contributed by atoms with Gasteiger partial charge in [-0.25, -0.2) is 0 Å². The van der Waals surface area contributed by atoms with E-state index in [-0.39, 0.29) is 24.5 Å². The van der Waals surface area contributed by atoms with Crippen molar-refractivity contribution < 1.29 is 9.90 Å². The van der Waals surface area contributed by atoms with Gasteiger partial charge in [0.15, 0.2) is 0 Å². The molecule has 96 valence electrons. The Balaban J connectivity index is 2.74. The summed E-state index contributed by atoms with van der Waals surface area (Å²) in [5.41, 5.74) is 0.636. The molecule has 2 N–H and O–H groups in total. The fourth-order valence-corrected chi connectivity index (χ4v) is 1.91. The van der Waals surface area contributed by atoms with Gasteiger partial charge in [-0.2, -0.15) is 0 Å². The van der Waals surface area contributed by atoms with Crippen LogP contribution in [-0.4, -0.2) is 28.7 Å². The first-order chi connectivity index (χ1) is 7.95. The Labute approximate surface area is 110 Å². The van der Waals surface area contributed by atoms with E-state index in [4.69, 9.17) is 5.11 Å². The molecule has 0 aliphatic rings. The maximum Gasteiger partial charge on any atom is 0.267 e. The van der Waals surface area contributed by atoms with E-state index in [0.29, 0.717) is 12.2 Å². The zero-order valence-electron chi connectivity index (χ0n) is 10.4. The van der Waals surface area contributed by atoms with Crippen LogP contribution in [0, 0.1) is 5.92 Å². The topological polar surface area (TPSA) is 54.3 Å². The van der Waals surface area contributed by atoms with Crippen molar-refractivity contribution in [3.05, 3.63) is 22.4 Å². The number of carbonyl (C=O) groups is 1. The molecule has 0 saturated heterocycles. The standard InChI is InChI=1S/C12H19BrN2O2/c1-8(2)15-6-10(13)4-11(15)12(17)14-5-9(3)7-16/h4,6,8-9,16H,5,7H2,1-3H3,(H,14,17). The molecule has 1 unspecified atom stereocenters. The van der Waals surface area contributed by atoms with Gasteiger partial charge in [0.1, 0.15) is 5.69 Å². The molecule has 0 aromatic carbocycles. The van der Waals surface area contributed by atoms with E-state index < -0.39 is 0 Å². The zero-order chi connectivity index (χ0) is 13.0. The number of halogens is 1. The molecule has 0 bridgehead atoms. The maximum absolute atomic E-state index is 12.0. The summed E-state index contributed by atoms with van der Waals surface area (Å²) in [6.45, 7) is 6.50. The predicted octanol–water partition coefficient (Wildman–Crippen LogP) is 2.19. The largest absolute Gasteiger partial charge is 0.396 e. The van der Waals surface area contributed by atoms with Crippen molar-refractivity contribution in [3.63, 3.8) is 0 Å². The molecule has 0 fully saturated rings. The first-order valence-corrected chi connectivity index (χ1v) is 6.51. The average molecular weight is 303 g/mol. The van der Waals surface area contributed by atoms with Crippen molar-refractivity contribution in [3.8, 4) is 0 Å². The quantitative estimate of drug-likeness (QED) is 0.876. The van der Waals surface area contributed by atoms with Gasteiger partial charge in [-0.1, -0.05) is 6.92 Å². The van der Waals surface area contributed by atoms with E-state index in [1.54, 1.807) is 6.07 Å². The van der Waals surface area contributed by atoms with Crippen molar-refractivity contribution in [2.24, 2.45) is 5.92 Å². The van der Waals surface area contributed by atoms with Crippen LogP contribution in [0.3, 0.4) is 0 Å².